The Morgan fingerprint density at radius 2 is 2.12 bits per heavy atom. The predicted octanol–water partition coefficient (Wildman–Crippen LogP) is 3.49. The molecule has 0 aliphatic carbocycles. The van der Waals surface area contributed by atoms with Crippen molar-refractivity contribution >= 4 is 53.3 Å². The molecule has 0 saturated carbocycles. The van der Waals surface area contributed by atoms with Crippen LogP contribution in [0.4, 0.5) is 10.2 Å². The summed E-state index contributed by atoms with van der Waals surface area (Å²) < 4.78 is 14.6. The topological polar surface area (TPSA) is 92.5 Å². The maximum absolute atomic E-state index is 14.6. The van der Waals surface area contributed by atoms with Crippen LogP contribution in [0, 0.1) is 5.82 Å². The van der Waals surface area contributed by atoms with Crippen LogP contribution in [0.15, 0.2) is 24.5 Å². The van der Waals surface area contributed by atoms with Gasteiger partial charge in [-0.05, 0) is 30.2 Å². The summed E-state index contributed by atoms with van der Waals surface area (Å²) in [5.74, 6) is -0.0591. The molecule has 3 heterocycles. The van der Waals surface area contributed by atoms with Crippen LogP contribution in [0.5, 0.6) is 0 Å². The standard InChI is InChI=1S/C15H16ClFN6.2ClH/c1-8(18)5-10-12(17)11-13(22-15(16)23-14(11)21-10)20-7-9-3-2-4-19-6-9;;/h2-4,6,8H,5,7,18H2,1H3,(H2,20,21,22,23);2*1H. The van der Waals surface area contributed by atoms with Gasteiger partial charge in [0.1, 0.15) is 11.5 Å². The molecule has 0 amide bonds. The average molecular weight is 408 g/mol. The van der Waals surface area contributed by atoms with Crippen LogP contribution in [0.2, 0.25) is 5.28 Å². The lowest BCUT2D eigenvalue weighted by molar-refractivity contribution is 0.602. The fourth-order valence-electron chi connectivity index (χ4n) is 2.36. The van der Waals surface area contributed by atoms with Gasteiger partial charge in [0.15, 0.2) is 5.82 Å². The number of fused-ring (bicyclic) bond motifs is 1. The Morgan fingerprint density at radius 1 is 1.36 bits per heavy atom. The lowest BCUT2D eigenvalue weighted by atomic mass is 10.2. The van der Waals surface area contributed by atoms with E-state index in [9.17, 15) is 4.39 Å². The molecule has 0 radical (unpaired) electrons. The van der Waals surface area contributed by atoms with Crippen LogP contribution in [0.3, 0.4) is 0 Å². The summed E-state index contributed by atoms with van der Waals surface area (Å²) in [4.78, 5) is 15.1. The number of aromatic nitrogens is 4. The van der Waals surface area contributed by atoms with E-state index in [2.05, 4.69) is 25.3 Å². The summed E-state index contributed by atoms with van der Waals surface area (Å²) in [5, 5.41) is 3.41. The molecule has 0 bridgehead atoms. The molecule has 1 unspecified atom stereocenters. The number of nitrogens with one attached hydrogen (secondary N) is 2. The highest BCUT2D eigenvalue weighted by Crippen LogP contribution is 2.28. The van der Waals surface area contributed by atoms with Gasteiger partial charge in [-0.2, -0.15) is 9.97 Å². The Balaban J connectivity index is 0.00000156. The van der Waals surface area contributed by atoms with Crippen molar-refractivity contribution in [2.45, 2.75) is 25.9 Å². The molecule has 25 heavy (non-hydrogen) atoms. The number of nitrogens with zero attached hydrogens (tertiary/aromatic N) is 3. The summed E-state index contributed by atoms with van der Waals surface area (Å²) in [5.41, 5.74) is 7.45. The van der Waals surface area contributed by atoms with E-state index in [1.807, 2.05) is 19.1 Å². The van der Waals surface area contributed by atoms with Gasteiger partial charge in [0.25, 0.3) is 0 Å². The molecule has 1 atom stereocenters. The van der Waals surface area contributed by atoms with E-state index in [0.717, 1.165) is 5.56 Å². The van der Waals surface area contributed by atoms with E-state index in [1.54, 1.807) is 12.4 Å². The Bertz CT molecular complexity index is 825. The van der Waals surface area contributed by atoms with Gasteiger partial charge in [-0.3, -0.25) is 4.98 Å². The van der Waals surface area contributed by atoms with Crippen molar-refractivity contribution in [3.8, 4) is 0 Å². The maximum atomic E-state index is 14.6. The monoisotopic (exact) mass is 406 g/mol. The first kappa shape index (κ1) is 21.4. The van der Waals surface area contributed by atoms with Gasteiger partial charge in [-0.25, -0.2) is 4.39 Å². The highest BCUT2D eigenvalue weighted by Gasteiger charge is 2.19. The van der Waals surface area contributed by atoms with Crippen LogP contribution < -0.4 is 11.1 Å². The smallest absolute Gasteiger partial charge is 0.226 e. The van der Waals surface area contributed by atoms with Crippen molar-refractivity contribution in [1.82, 2.24) is 19.9 Å². The van der Waals surface area contributed by atoms with Gasteiger partial charge in [0.2, 0.25) is 5.28 Å². The number of nitrogens with two attached hydrogens (primary N) is 1. The van der Waals surface area contributed by atoms with Crippen LogP contribution in [-0.2, 0) is 13.0 Å². The molecule has 4 N–H and O–H groups in total. The molecule has 3 rings (SSSR count). The van der Waals surface area contributed by atoms with Gasteiger partial charge in [-0.1, -0.05) is 6.07 Å². The number of hydrogen-bond donors (Lipinski definition) is 3. The minimum absolute atomic E-state index is 0. The van der Waals surface area contributed by atoms with Crippen LogP contribution in [-0.4, -0.2) is 26.0 Å². The second kappa shape index (κ2) is 9.15. The molecular formula is C15H18Cl3FN6. The van der Waals surface area contributed by atoms with Gasteiger partial charge in [0, 0.05) is 31.4 Å². The highest BCUT2D eigenvalue weighted by atomic mass is 35.5. The molecule has 3 aromatic heterocycles. The Hall–Kier alpha value is -1.67. The van der Waals surface area contributed by atoms with Gasteiger partial charge in [0.05, 0.1) is 11.1 Å². The third kappa shape index (κ3) is 4.92. The molecule has 10 heteroatoms. The number of anilines is 1. The minimum Gasteiger partial charge on any atom is -0.365 e. The third-order valence-corrected chi connectivity index (χ3v) is 3.51. The molecular weight excluding hydrogens is 390 g/mol. The fourth-order valence-corrected chi connectivity index (χ4v) is 2.53. The SMILES string of the molecule is CC(N)Cc1[nH]c2nc(Cl)nc(NCc3cccnc3)c2c1F.Cl.Cl. The zero-order chi connectivity index (χ0) is 16.4. The van der Waals surface area contributed by atoms with E-state index in [4.69, 9.17) is 17.3 Å². The number of rotatable bonds is 5. The highest BCUT2D eigenvalue weighted by molar-refractivity contribution is 6.28. The van der Waals surface area contributed by atoms with Crippen molar-refractivity contribution < 1.29 is 4.39 Å². The van der Waals surface area contributed by atoms with E-state index in [0.29, 0.717) is 30.1 Å². The van der Waals surface area contributed by atoms with Crippen LogP contribution in [0.1, 0.15) is 18.2 Å². The van der Waals surface area contributed by atoms with Gasteiger partial charge in [-0.15, -0.1) is 24.8 Å². The predicted molar refractivity (Wildman–Crippen MR) is 102 cm³/mol. The second-order valence-corrected chi connectivity index (χ2v) is 5.72. The molecule has 0 aliphatic heterocycles. The summed E-state index contributed by atoms with van der Waals surface area (Å²) >= 11 is 5.93. The van der Waals surface area contributed by atoms with Crippen LogP contribution >= 0.6 is 36.4 Å². The molecule has 0 spiro atoms. The number of hydrogen-bond acceptors (Lipinski definition) is 5. The summed E-state index contributed by atoms with van der Waals surface area (Å²) in [6, 6.07) is 3.57. The van der Waals surface area contributed by atoms with E-state index < -0.39 is 5.82 Å². The number of aromatic amines is 1. The summed E-state index contributed by atoms with van der Waals surface area (Å²) in [7, 11) is 0. The van der Waals surface area contributed by atoms with Crippen molar-refractivity contribution in [2.75, 3.05) is 5.32 Å². The van der Waals surface area contributed by atoms with E-state index in [1.165, 1.54) is 0 Å². The van der Waals surface area contributed by atoms with E-state index in [-0.39, 0.29) is 41.5 Å². The first-order valence-electron chi connectivity index (χ1n) is 7.16. The quantitative estimate of drug-likeness (QED) is 0.563. The first-order chi connectivity index (χ1) is 11.0. The molecule has 0 fully saturated rings. The lowest BCUT2D eigenvalue weighted by Crippen LogP contribution is -2.18. The van der Waals surface area contributed by atoms with Crippen LogP contribution in [0.25, 0.3) is 11.0 Å². The average Bonchev–Trinajstić information content (AvgIpc) is 2.81. The van der Waals surface area contributed by atoms with Gasteiger partial charge >= 0.3 is 0 Å². The molecule has 136 valence electrons. The summed E-state index contributed by atoms with van der Waals surface area (Å²) in [6.45, 7) is 2.26. The van der Waals surface area contributed by atoms with Gasteiger partial charge < -0.3 is 16.0 Å². The number of H-pyrrole nitrogens is 1. The Labute approximate surface area is 161 Å². The Kier molecular flexibility index (Phi) is 7.82. The number of pyridine rings is 1. The van der Waals surface area contributed by atoms with Crippen molar-refractivity contribution in [3.05, 3.63) is 46.9 Å². The molecule has 3 aromatic rings. The van der Waals surface area contributed by atoms with Crippen molar-refractivity contribution in [3.63, 3.8) is 0 Å². The molecule has 0 aliphatic rings. The lowest BCUT2D eigenvalue weighted by Gasteiger charge is -2.07. The molecule has 0 saturated heterocycles. The minimum atomic E-state index is -0.400. The molecule has 0 aromatic carbocycles. The first-order valence-corrected chi connectivity index (χ1v) is 7.54. The van der Waals surface area contributed by atoms with E-state index >= 15 is 0 Å². The zero-order valence-corrected chi connectivity index (χ0v) is 15.7. The normalized spacial score (nSPS) is 11.5. The summed E-state index contributed by atoms with van der Waals surface area (Å²) in [6.07, 6.45) is 3.79. The number of halogens is 4. The fraction of sp³-hybridized carbons (Fsp3) is 0.267. The van der Waals surface area contributed by atoms with Crippen molar-refractivity contribution in [1.29, 1.82) is 0 Å². The molecule has 6 nitrogen and oxygen atoms in total. The maximum Gasteiger partial charge on any atom is 0.226 e. The zero-order valence-electron chi connectivity index (χ0n) is 13.3. The van der Waals surface area contributed by atoms with Crippen molar-refractivity contribution in [2.24, 2.45) is 5.73 Å². The largest absolute Gasteiger partial charge is 0.365 e. The Morgan fingerprint density at radius 3 is 2.76 bits per heavy atom. The third-order valence-electron chi connectivity index (χ3n) is 3.34. The second-order valence-electron chi connectivity index (χ2n) is 5.38.